The monoisotopic (exact) mass is 579 g/mol. The van der Waals surface area contributed by atoms with Crippen molar-refractivity contribution < 1.29 is 18.0 Å². The minimum Gasteiger partial charge on any atom is -0.372 e. The number of likely N-dealkylation sites (N-methyl/N-ethyl adjacent to an activating group) is 2. The molecule has 3 N–H and O–H groups in total. The molecule has 0 aliphatic heterocycles. The molecule has 0 unspecified atom stereocenters. The quantitative estimate of drug-likeness (QED) is 0.200. The number of anilines is 6. The zero-order valence-corrected chi connectivity index (χ0v) is 23.7. The lowest BCUT2D eigenvalue weighted by Crippen LogP contribution is -2.29. The van der Waals surface area contributed by atoms with Gasteiger partial charge in [-0.2, -0.15) is 23.3 Å². The molecule has 4 rings (SSSR count). The summed E-state index contributed by atoms with van der Waals surface area (Å²) in [6, 6.07) is 10.2. The van der Waals surface area contributed by atoms with E-state index < -0.39 is 11.7 Å². The molecule has 2 aromatic carbocycles. The SMILES string of the molecule is C=CC(=O)Nc1cc(Nc2nc(Nc3cnn(C)c3)ncc2-c2ccc(C(F)(F)F)cc2)ccc1N(C)CCN(C)C. The first-order valence-electron chi connectivity index (χ1n) is 12.9. The van der Waals surface area contributed by atoms with E-state index >= 15 is 0 Å². The van der Waals surface area contributed by atoms with Crippen molar-refractivity contribution in [3.05, 3.63) is 79.3 Å². The summed E-state index contributed by atoms with van der Waals surface area (Å²) in [6.07, 6.45) is 1.62. The fourth-order valence-electron chi connectivity index (χ4n) is 4.04. The summed E-state index contributed by atoms with van der Waals surface area (Å²) in [7, 11) is 7.67. The largest absolute Gasteiger partial charge is 0.416 e. The van der Waals surface area contributed by atoms with E-state index in [-0.39, 0.29) is 11.9 Å². The number of hydrogen-bond acceptors (Lipinski definition) is 8. The first-order chi connectivity index (χ1) is 19.9. The maximum absolute atomic E-state index is 13.2. The molecule has 0 aliphatic rings. The molecule has 10 nitrogen and oxygen atoms in total. The third-order valence-corrected chi connectivity index (χ3v) is 6.27. The molecule has 0 aliphatic carbocycles. The van der Waals surface area contributed by atoms with Crippen LogP contribution in [0.5, 0.6) is 0 Å². The smallest absolute Gasteiger partial charge is 0.372 e. The standard InChI is InChI=1S/C29H32F3N9O/c1-6-26(42)37-24-15-21(11-12-25(24)40(4)14-13-39(2)3)35-27-23(19-7-9-20(10-8-19)29(30,31)32)17-33-28(38-27)36-22-16-34-41(5)18-22/h6-12,15-18H,1,13-14H2,2-5H3,(H,37,42)(H2,33,35,36,38). The van der Waals surface area contributed by atoms with Crippen molar-refractivity contribution in [2.45, 2.75) is 6.18 Å². The van der Waals surface area contributed by atoms with E-state index in [9.17, 15) is 18.0 Å². The van der Waals surface area contributed by atoms with Gasteiger partial charge in [0.15, 0.2) is 0 Å². The molecule has 0 bridgehead atoms. The molecule has 0 atom stereocenters. The summed E-state index contributed by atoms with van der Waals surface area (Å²) >= 11 is 0. The summed E-state index contributed by atoms with van der Waals surface area (Å²) < 4.78 is 41.2. The maximum Gasteiger partial charge on any atom is 0.416 e. The Bertz CT molecular complexity index is 1550. The Morgan fingerprint density at radius 2 is 1.76 bits per heavy atom. The average molecular weight is 580 g/mol. The van der Waals surface area contributed by atoms with Gasteiger partial charge in [0, 0.05) is 50.8 Å². The Morgan fingerprint density at radius 1 is 1.02 bits per heavy atom. The van der Waals surface area contributed by atoms with Crippen molar-refractivity contribution in [2.24, 2.45) is 7.05 Å². The average Bonchev–Trinajstić information content (AvgIpc) is 3.35. The van der Waals surface area contributed by atoms with Gasteiger partial charge in [0.05, 0.1) is 28.8 Å². The van der Waals surface area contributed by atoms with Crippen LogP contribution in [0.3, 0.4) is 0 Å². The van der Waals surface area contributed by atoms with Gasteiger partial charge < -0.3 is 25.8 Å². The van der Waals surface area contributed by atoms with Crippen molar-refractivity contribution in [3.63, 3.8) is 0 Å². The minimum absolute atomic E-state index is 0.251. The topological polar surface area (TPSA) is 103 Å². The van der Waals surface area contributed by atoms with Crippen LogP contribution in [0.4, 0.5) is 47.7 Å². The van der Waals surface area contributed by atoms with Crippen LogP contribution in [0.2, 0.25) is 0 Å². The Labute approximate surface area is 241 Å². The van der Waals surface area contributed by atoms with E-state index in [1.165, 1.54) is 24.4 Å². The fourth-order valence-corrected chi connectivity index (χ4v) is 4.04. The molecular formula is C29H32F3N9O. The maximum atomic E-state index is 13.2. The van der Waals surface area contributed by atoms with Crippen LogP contribution in [0.1, 0.15) is 5.56 Å². The predicted molar refractivity (Wildman–Crippen MR) is 159 cm³/mol. The second kappa shape index (κ2) is 12.7. The van der Waals surface area contributed by atoms with Gasteiger partial charge in [0.25, 0.3) is 0 Å². The fraction of sp³-hybridized carbons (Fsp3) is 0.241. The van der Waals surface area contributed by atoms with Crippen molar-refractivity contribution in [2.75, 3.05) is 55.1 Å². The van der Waals surface area contributed by atoms with E-state index in [0.717, 1.165) is 24.4 Å². The number of carbonyl (C=O) groups is 1. The number of carbonyl (C=O) groups excluding carboxylic acids is 1. The van der Waals surface area contributed by atoms with Gasteiger partial charge in [0.2, 0.25) is 11.9 Å². The first-order valence-corrected chi connectivity index (χ1v) is 12.9. The van der Waals surface area contributed by atoms with Crippen LogP contribution in [0, 0.1) is 0 Å². The molecule has 13 heteroatoms. The number of aromatic nitrogens is 4. The van der Waals surface area contributed by atoms with Crippen LogP contribution >= 0.6 is 0 Å². The van der Waals surface area contributed by atoms with Crippen LogP contribution in [-0.4, -0.2) is 64.8 Å². The number of benzene rings is 2. The molecule has 220 valence electrons. The van der Waals surface area contributed by atoms with Crippen molar-refractivity contribution >= 4 is 40.4 Å². The number of halogens is 3. The molecule has 0 fully saturated rings. The molecule has 0 saturated heterocycles. The molecular weight excluding hydrogens is 547 g/mol. The van der Waals surface area contributed by atoms with E-state index in [4.69, 9.17) is 0 Å². The molecule has 0 saturated carbocycles. The van der Waals surface area contributed by atoms with Gasteiger partial charge in [-0.05, 0) is 56.1 Å². The third kappa shape index (κ3) is 7.63. The van der Waals surface area contributed by atoms with Gasteiger partial charge in [-0.1, -0.05) is 18.7 Å². The lowest BCUT2D eigenvalue weighted by atomic mass is 10.1. The lowest BCUT2D eigenvalue weighted by Gasteiger charge is -2.25. The van der Waals surface area contributed by atoms with Gasteiger partial charge in [0.1, 0.15) is 5.82 Å². The van der Waals surface area contributed by atoms with Crippen molar-refractivity contribution in [3.8, 4) is 11.1 Å². The van der Waals surface area contributed by atoms with Crippen LogP contribution < -0.4 is 20.9 Å². The third-order valence-electron chi connectivity index (χ3n) is 6.27. The number of nitrogens with zero attached hydrogens (tertiary/aromatic N) is 6. The normalized spacial score (nSPS) is 11.3. The second-order valence-electron chi connectivity index (χ2n) is 9.83. The van der Waals surface area contributed by atoms with Crippen LogP contribution in [-0.2, 0) is 18.0 Å². The van der Waals surface area contributed by atoms with Crippen molar-refractivity contribution in [1.29, 1.82) is 0 Å². The zero-order valence-electron chi connectivity index (χ0n) is 23.7. The van der Waals surface area contributed by atoms with Crippen LogP contribution in [0.25, 0.3) is 11.1 Å². The van der Waals surface area contributed by atoms with Gasteiger partial charge in [-0.25, -0.2) is 4.98 Å². The Kier molecular flexibility index (Phi) is 9.11. The van der Waals surface area contributed by atoms with E-state index in [1.54, 1.807) is 30.2 Å². The Hall–Kier alpha value is -4.91. The summed E-state index contributed by atoms with van der Waals surface area (Å²) in [4.78, 5) is 25.3. The highest BCUT2D eigenvalue weighted by Crippen LogP contribution is 2.35. The zero-order chi connectivity index (χ0) is 30.4. The number of hydrogen-bond donors (Lipinski definition) is 3. The number of nitrogens with one attached hydrogen (secondary N) is 3. The first kappa shape index (κ1) is 30.1. The van der Waals surface area contributed by atoms with E-state index in [1.807, 2.05) is 38.2 Å². The molecule has 4 aromatic rings. The molecule has 2 aromatic heterocycles. The number of aryl methyl sites for hydroxylation is 1. The summed E-state index contributed by atoms with van der Waals surface area (Å²) in [5.74, 6) is 0.220. The molecule has 0 radical (unpaired) electrons. The molecule has 1 amide bonds. The predicted octanol–water partition coefficient (Wildman–Crippen LogP) is 5.51. The summed E-state index contributed by atoms with van der Waals surface area (Å²) in [5.41, 5.74) is 2.78. The van der Waals surface area contributed by atoms with E-state index in [0.29, 0.717) is 40.6 Å². The molecule has 2 heterocycles. The second-order valence-corrected chi connectivity index (χ2v) is 9.83. The number of alkyl halides is 3. The highest BCUT2D eigenvalue weighted by molar-refractivity contribution is 6.01. The summed E-state index contributed by atoms with van der Waals surface area (Å²) in [5, 5.41) is 13.3. The van der Waals surface area contributed by atoms with Gasteiger partial charge >= 0.3 is 6.18 Å². The molecule has 42 heavy (non-hydrogen) atoms. The number of rotatable bonds is 11. The highest BCUT2D eigenvalue weighted by Gasteiger charge is 2.30. The number of amides is 1. The van der Waals surface area contributed by atoms with Gasteiger partial charge in [-0.15, -0.1) is 0 Å². The van der Waals surface area contributed by atoms with Gasteiger partial charge in [-0.3, -0.25) is 9.48 Å². The Morgan fingerprint density at radius 3 is 2.38 bits per heavy atom. The Balaban J connectivity index is 1.73. The van der Waals surface area contributed by atoms with Crippen molar-refractivity contribution in [1.82, 2.24) is 24.6 Å². The summed E-state index contributed by atoms with van der Waals surface area (Å²) in [6.45, 7) is 5.06. The van der Waals surface area contributed by atoms with Crippen LogP contribution in [0.15, 0.2) is 73.7 Å². The lowest BCUT2D eigenvalue weighted by molar-refractivity contribution is -0.137. The van der Waals surface area contributed by atoms with E-state index in [2.05, 4.69) is 42.5 Å². The minimum atomic E-state index is -4.46. The highest BCUT2D eigenvalue weighted by atomic mass is 19.4. The molecule has 0 spiro atoms.